The molecule has 4 aromatic rings. The zero-order valence-electron chi connectivity index (χ0n) is 17.3. The lowest BCUT2D eigenvalue weighted by Gasteiger charge is -2.10. The van der Waals surface area contributed by atoms with E-state index in [4.69, 9.17) is 4.52 Å². The Kier molecular flexibility index (Phi) is 5.99. The second kappa shape index (κ2) is 9.05. The van der Waals surface area contributed by atoms with Crippen LogP contribution in [0, 0.1) is 6.92 Å². The summed E-state index contributed by atoms with van der Waals surface area (Å²) in [4.78, 5) is 29.2. The van der Waals surface area contributed by atoms with Crippen molar-refractivity contribution in [1.82, 2.24) is 19.9 Å². The minimum atomic E-state index is -4.85. The lowest BCUT2D eigenvalue weighted by molar-refractivity contribution is -0.274. The summed E-state index contributed by atoms with van der Waals surface area (Å²) in [6.07, 6.45) is -3.58. The fourth-order valence-corrected chi connectivity index (χ4v) is 2.91. The van der Waals surface area contributed by atoms with Gasteiger partial charge in [0.25, 0.3) is 17.8 Å². The number of anilines is 2. The van der Waals surface area contributed by atoms with Gasteiger partial charge in [0.15, 0.2) is 0 Å². The number of ether oxygens (including phenoxy) is 1. The number of alkyl halides is 3. The van der Waals surface area contributed by atoms with Crippen LogP contribution in [0.15, 0.2) is 65.3 Å². The molecule has 0 radical (unpaired) electrons. The second-order valence-electron chi connectivity index (χ2n) is 6.81. The molecule has 0 saturated carbocycles. The Morgan fingerprint density at radius 1 is 1.00 bits per heavy atom. The topological polar surface area (TPSA) is 124 Å². The number of carbonyl (C=O) groups excluding carboxylic acids is 2. The number of benzene rings is 2. The fraction of sp³-hybridized carbons (Fsp3) is 0.0952. The lowest BCUT2D eigenvalue weighted by atomic mass is 10.1. The molecule has 0 fully saturated rings. The molecule has 10 nitrogen and oxygen atoms in total. The Labute approximate surface area is 189 Å². The molecule has 0 atom stereocenters. The summed E-state index contributed by atoms with van der Waals surface area (Å²) in [5.41, 5.74) is 1.34. The van der Waals surface area contributed by atoms with E-state index in [-0.39, 0.29) is 23.3 Å². The molecular formula is C21H15F3N6O4. The number of hydrogen-bond acceptors (Lipinski definition) is 7. The molecule has 2 heterocycles. The standard InChI is InChI=1S/C21H15F3N6O4/c1-12-4-2-3-5-15(12)17(31)26-19-28-20(27-18(32)16-10-11-25-34-16)30(29-19)13-6-8-14(9-7-13)33-21(22,23)24/h2-11H,1H3,(H2,26,27,28,29,31,32). The first kappa shape index (κ1) is 22.5. The predicted molar refractivity (Wildman–Crippen MR) is 112 cm³/mol. The van der Waals surface area contributed by atoms with E-state index in [0.717, 1.165) is 22.4 Å². The van der Waals surface area contributed by atoms with Crippen LogP contribution in [-0.4, -0.2) is 38.1 Å². The summed E-state index contributed by atoms with van der Waals surface area (Å²) < 4.78 is 47.1. The SMILES string of the molecule is Cc1ccccc1C(=O)Nc1nc(NC(=O)c2ccno2)n(-c2ccc(OC(F)(F)F)cc2)n1. The van der Waals surface area contributed by atoms with Crippen molar-refractivity contribution in [3.05, 3.63) is 77.7 Å². The Morgan fingerprint density at radius 2 is 1.74 bits per heavy atom. The maximum Gasteiger partial charge on any atom is 0.573 e. The summed E-state index contributed by atoms with van der Waals surface area (Å²) in [6.45, 7) is 1.76. The lowest BCUT2D eigenvalue weighted by Crippen LogP contribution is -2.17. The van der Waals surface area contributed by atoms with Crippen LogP contribution < -0.4 is 15.4 Å². The molecule has 0 saturated heterocycles. The van der Waals surface area contributed by atoms with Crippen LogP contribution in [-0.2, 0) is 0 Å². The van der Waals surface area contributed by atoms with E-state index in [9.17, 15) is 22.8 Å². The third-order valence-electron chi connectivity index (χ3n) is 4.42. The highest BCUT2D eigenvalue weighted by atomic mass is 19.4. The summed E-state index contributed by atoms with van der Waals surface area (Å²) >= 11 is 0. The number of amides is 2. The van der Waals surface area contributed by atoms with Gasteiger partial charge in [-0.2, -0.15) is 9.67 Å². The van der Waals surface area contributed by atoms with Gasteiger partial charge in [0.2, 0.25) is 11.7 Å². The smallest absolute Gasteiger partial charge is 0.406 e. The maximum atomic E-state index is 12.6. The number of nitrogens with one attached hydrogen (secondary N) is 2. The molecule has 13 heteroatoms. The average molecular weight is 472 g/mol. The highest BCUT2D eigenvalue weighted by molar-refractivity contribution is 6.05. The van der Waals surface area contributed by atoms with Gasteiger partial charge >= 0.3 is 6.36 Å². The van der Waals surface area contributed by atoms with E-state index >= 15 is 0 Å². The van der Waals surface area contributed by atoms with Gasteiger partial charge in [-0.25, -0.2) is 0 Å². The van der Waals surface area contributed by atoms with Gasteiger partial charge in [-0.3, -0.25) is 20.2 Å². The summed E-state index contributed by atoms with van der Waals surface area (Å²) in [7, 11) is 0. The first-order valence-corrected chi connectivity index (χ1v) is 9.62. The fourth-order valence-electron chi connectivity index (χ4n) is 2.91. The normalized spacial score (nSPS) is 11.2. The highest BCUT2D eigenvalue weighted by Crippen LogP contribution is 2.25. The first-order valence-electron chi connectivity index (χ1n) is 9.62. The summed E-state index contributed by atoms with van der Waals surface area (Å²) in [5.74, 6) is -2.05. The van der Waals surface area contributed by atoms with Gasteiger partial charge in [0.1, 0.15) is 5.75 Å². The van der Waals surface area contributed by atoms with Crippen molar-refractivity contribution in [2.45, 2.75) is 13.3 Å². The largest absolute Gasteiger partial charge is 0.573 e. The molecule has 2 aromatic heterocycles. The minimum absolute atomic E-state index is 0.117. The van der Waals surface area contributed by atoms with E-state index in [1.807, 2.05) is 0 Å². The van der Waals surface area contributed by atoms with Crippen LogP contribution in [0.3, 0.4) is 0 Å². The van der Waals surface area contributed by atoms with Crippen LogP contribution in [0.4, 0.5) is 25.1 Å². The van der Waals surface area contributed by atoms with Gasteiger partial charge in [-0.1, -0.05) is 23.4 Å². The van der Waals surface area contributed by atoms with Crippen molar-refractivity contribution in [1.29, 1.82) is 0 Å². The number of halogens is 3. The van der Waals surface area contributed by atoms with Crippen LogP contribution in [0.25, 0.3) is 5.69 Å². The van der Waals surface area contributed by atoms with Crippen molar-refractivity contribution in [2.24, 2.45) is 0 Å². The third kappa shape index (κ3) is 5.20. The van der Waals surface area contributed by atoms with Crippen molar-refractivity contribution < 1.29 is 32.0 Å². The van der Waals surface area contributed by atoms with Gasteiger partial charge in [-0.15, -0.1) is 18.3 Å². The molecule has 2 amide bonds. The summed E-state index contributed by atoms with van der Waals surface area (Å²) in [6, 6.07) is 12.8. The van der Waals surface area contributed by atoms with Crippen LogP contribution in [0.5, 0.6) is 5.75 Å². The molecule has 0 spiro atoms. The monoisotopic (exact) mass is 472 g/mol. The molecule has 0 unspecified atom stereocenters. The molecule has 174 valence electrons. The third-order valence-corrected chi connectivity index (χ3v) is 4.42. The highest BCUT2D eigenvalue weighted by Gasteiger charge is 2.31. The quantitative estimate of drug-likeness (QED) is 0.435. The number of nitrogens with zero attached hydrogens (tertiary/aromatic N) is 4. The molecule has 0 aliphatic heterocycles. The molecular weight excluding hydrogens is 457 g/mol. The minimum Gasteiger partial charge on any atom is -0.406 e. The van der Waals surface area contributed by atoms with Gasteiger partial charge in [-0.05, 0) is 42.8 Å². The predicted octanol–water partition coefficient (Wildman–Crippen LogP) is 3.97. The molecule has 0 aliphatic rings. The molecule has 34 heavy (non-hydrogen) atoms. The molecule has 0 aliphatic carbocycles. The number of carbonyl (C=O) groups is 2. The zero-order chi connectivity index (χ0) is 24.3. The Balaban J connectivity index is 1.64. The van der Waals surface area contributed by atoms with Crippen molar-refractivity contribution >= 4 is 23.7 Å². The molecule has 4 rings (SSSR count). The van der Waals surface area contributed by atoms with E-state index < -0.39 is 23.9 Å². The molecule has 0 bridgehead atoms. The van der Waals surface area contributed by atoms with Crippen molar-refractivity contribution in [2.75, 3.05) is 10.6 Å². The van der Waals surface area contributed by atoms with E-state index in [1.54, 1.807) is 31.2 Å². The zero-order valence-corrected chi connectivity index (χ0v) is 17.3. The second-order valence-corrected chi connectivity index (χ2v) is 6.81. The Bertz CT molecular complexity index is 1320. The Morgan fingerprint density at radius 3 is 2.38 bits per heavy atom. The van der Waals surface area contributed by atoms with Crippen LogP contribution in [0.1, 0.15) is 26.5 Å². The number of rotatable bonds is 6. The van der Waals surface area contributed by atoms with Gasteiger partial charge < -0.3 is 9.26 Å². The van der Waals surface area contributed by atoms with Gasteiger partial charge in [0, 0.05) is 11.6 Å². The van der Waals surface area contributed by atoms with E-state index in [1.165, 1.54) is 24.4 Å². The Hall–Kier alpha value is -4.68. The van der Waals surface area contributed by atoms with Crippen molar-refractivity contribution in [3.8, 4) is 11.4 Å². The van der Waals surface area contributed by atoms with Crippen LogP contribution in [0.2, 0.25) is 0 Å². The average Bonchev–Trinajstić information content (AvgIpc) is 3.44. The number of hydrogen-bond donors (Lipinski definition) is 2. The maximum absolute atomic E-state index is 12.6. The van der Waals surface area contributed by atoms with Gasteiger partial charge in [0.05, 0.1) is 11.9 Å². The van der Waals surface area contributed by atoms with E-state index in [0.29, 0.717) is 5.56 Å². The summed E-state index contributed by atoms with van der Waals surface area (Å²) in [5, 5.41) is 12.6. The number of aromatic nitrogens is 4. The number of aryl methyl sites for hydroxylation is 1. The van der Waals surface area contributed by atoms with E-state index in [2.05, 4.69) is 30.6 Å². The van der Waals surface area contributed by atoms with Crippen LogP contribution >= 0.6 is 0 Å². The molecule has 2 N–H and O–H groups in total. The molecule has 2 aromatic carbocycles. The first-order chi connectivity index (χ1) is 16.2. The van der Waals surface area contributed by atoms with Crippen molar-refractivity contribution in [3.63, 3.8) is 0 Å².